The van der Waals surface area contributed by atoms with E-state index in [0.717, 1.165) is 77.8 Å². The molecule has 2 rings (SSSR count). The van der Waals surface area contributed by atoms with Crippen LogP contribution in [0.4, 0.5) is 0 Å². The Bertz CT molecular complexity index is 412. The van der Waals surface area contributed by atoms with Crippen molar-refractivity contribution in [3.63, 3.8) is 0 Å². The summed E-state index contributed by atoms with van der Waals surface area (Å²) < 4.78 is 5.79. The van der Waals surface area contributed by atoms with Gasteiger partial charge in [0.2, 0.25) is 0 Å². The van der Waals surface area contributed by atoms with E-state index in [9.17, 15) is 0 Å². The van der Waals surface area contributed by atoms with Gasteiger partial charge >= 0.3 is 0 Å². The van der Waals surface area contributed by atoms with Gasteiger partial charge in [0.15, 0.2) is 5.96 Å². The first-order valence-electron chi connectivity index (χ1n) is 10.6. The number of nitrogens with zero attached hydrogens (tertiary/aromatic N) is 4. The maximum Gasteiger partial charge on any atom is 0.193 e. The van der Waals surface area contributed by atoms with Crippen molar-refractivity contribution in [1.82, 2.24) is 20.0 Å². The van der Waals surface area contributed by atoms with Gasteiger partial charge in [-0.25, -0.2) is 0 Å². The minimum absolute atomic E-state index is 0.424. The molecule has 152 valence electrons. The summed E-state index contributed by atoms with van der Waals surface area (Å²) in [6.45, 7) is 18.3. The lowest BCUT2D eigenvalue weighted by molar-refractivity contribution is 0.0263. The summed E-state index contributed by atoms with van der Waals surface area (Å²) in [5.41, 5.74) is 0. The number of ether oxygens (including phenoxy) is 1. The molecule has 2 fully saturated rings. The molecule has 0 aliphatic carbocycles. The zero-order valence-electron chi connectivity index (χ0n) is 17.7. The number of piperidine rings is 1. The lowest BCUT2D eigenvalue weighted by Gasteiger charge is -2.39. The summed E-state index contributed by atoms with van der Waals surface area (Å²) in [5, 5.41) is 3.51. The Morgan fingerprint density at radius 3 is 2.27 bits per heavy atom. The molecule has 6 nitrogen and oxygen atoms in total. The summed E-state index contributed by atoms with van der Waals surface area (Å²) in [6, 6.07) is 0.526. The molecule has 2 heterocycles. The van der Waals surface area contributed by atoms with Crippen LogP contribution in [0, 0.1) is 5.92 Å². The highest BCUT2D eigenvalue weighted by atomic mass is 16.5. The van der Waals surface area contributed by atoms with Crippen LogP contribution in [0.5, 0.6) is 0 Å². The first-order valence-corrected chi connectivity index (χ1v) is 10.6. The molecule has 2 aliphatic heterocycles. The molecule has 6 heteroatoms. The Morgan fingerprint density at radius 2 is 1.73 bits per heavy atom. The molecule has 0 saturated carbocycles. The number of guanidine groups is 1. The molecule has 0 spiro atoms. The van der Waals surface area contributed by atoms with Crippen LogP contribution in [0.2, 0.25) is 0 Å². The molecule has 1 N–H and O–H groups in total. The second-order valence-electron chi connectivity index (χ2n) is 7.99. The smallest absolute Gasteiger partial charge is 0.193 e. The van der Waals surface area contributed by atoms with Gasteiger partial charge in [-0.1, -0.05) is 13.8 Å². The minimum atomic E-state index is 0.424. The molecule has 1 unspecified atom stereocenters. The predicted octanol–water partition coefficient (Wildman–Crippen LogP) is 1.72. The molecule has 0 radical (unpaired) electrons. The van der Waals surface area contributed by atoms with Crippen LogP contribution >= 0.6 is 0 Å². The Kier molecular flexibility index (Phi) is 9.16. The summed E-state index contributed by atoms with van der Waals surface area (Å²) in [7, 11) is 2.22. The number of likely N-dealkylation sites (tertiary alicyclic amines) is 1. The fourth-order valence-electron chi connectivity index (χ4n) is 3.98. The number of hydrogen-bond donors (Lipinski definition) is 1. The summed E-state index contributed by atoms with van der Waals surface area (Å²) in [5.74, 6) is 1.70. The first-order chi connectivity index (χ1) is 12.5. The Hall–Kier alpha value is -0.850. The SMILES string of the molecule is CCNC(=NCC(C(C)C)N1CCN(C)CC1)N1CCC(OCC)CC1. The molecule has 0 aromatic heterocycles. The zero-order valence-corrected chi connectivity index (χ0v) is 17.7. The van der Waals surface area contributed by atoms with Crippen LogP contribution in [0.25, 0.3) is 0 Å². The first kappa shape index (κ1) is 21.5. The molecule has 26 heavy (non-hydrogen) atoms. The molecule has 2 saturated heterocycles. The molecule has 2 aliphatic rings. The Labute approximate surface area is 160 Å². The fourth-order valence-corrected chi connectivity index (χ4v) is 3.98. The molecular formula is C20H41N5O. The topological polar surface area (TPSA) is 43.3 Å². The lowest BCUT2D eigenvalue weighted by Crippen LogP contribution is -2.52. The number of hydrogen-bond acceptors (Lipinski definition) is 4. The molecular weight excluding hydrogens is 326 g/mol. The maximum atomic E-state index is 5.79. The highest BCUT2D eigenvalue weighted by Gasteiger charge is 2.26. The third-order valence-electron chi connectivity index (χ3n) is 5.68. The number of aliphatic imine (C=N–C) groups is 1. The van der Waals surface area contributed by atoms with Crippen molar-refractivity contribution in [1.29, 1.82) is 0 Å². The standard InChI is InChI=1S/C20H41N5O/c1-6-21-20(25-10-8-18(9-11-25)26-7-2)22-16-19(17(3)4)24-14-12-23(5)13-15-24/h17-19H,6-16H2,1-5H3,(H,21,22). The van der Waals surface area contributed by atoms with Gasteiger partial charge in [-0.3, -0.25) is 9.89 Å². The van der Waals surface area contributed by atoms with E-state index in [1.165, 1.54) is 0 Å². The van der Waals surface area contributed by atoms with Gasteiger partial charge in [-0.2, -0.15) is 0 Å². The van der Waals surface area contributed by atoms with Gasteiger partial charge in [0.1, 0.15) is 0 Å². The highest BCUT2D eigenvalue weighted by molar-refractivity contribution is 5.80. The van der Waals surface area contributed by atoms with Crippen molar-refractivity contribution < 1.29 is 4.74 Å². The van der Waals surface area contributed by atoms with Gasteiger partial charge in [-0.15, -0.1) is 0 Å². The molecule has 0 aromatic rings. The molecule has 0 amide bonds. The molecule has 0 bridgehead atoms. The number of rotatable bonds is 7. The van der Waals surface area contributed by atoms with E-state index < -0.39 is 0 Å². The summed E-state index contributed by atoms with van der Waals surface area (Å²) >= 11 is 0. The Morgan fingerprint density at radius 1 is 1.08 bits per heavy atom. The van der Waals surface area contributed by atoms with Crippen LogP contribution in [-0.4, -0.2) is 98.8 Å². The van der Waals surface area contributed by atoms with E-state index in [2.05, 4.69) is 54.8 Å². The average Bonchev–Trinajstić information content (AvgIpc) is 2.63. The van der Waals surface area contributed by atoms with Crippen LogP contribution in [0.1, 0.15) is 40.5 Å². The van der Waals surface area contributed by atoms with Crippen molar-refractivity contribution in [2.45, 2.75) is 52.7 Å². The average molecular weight is 368 g/mol. The van der Waals surface area contributed by atoms with E-state index in [1.54, 1.807) is 0 Å². The quantitative estimate of drug-likeness (QED) is 0.548. The van der Waals surface area contributed by atoms with Crippen molar-refractivity contribution >= 4 is 5.96 Å². The van der Waals surface area contributed by atoms with Gasteiger partial charge in [0.05, 0.1) is 12.6 Å². The van der Waals surface area contributed by atoms with Crippen molar-refractivity contribution in [2.24, 2.45) is 10.9 Å². The zero-order chi connectivity index (χ0) is 18.9. The predicted molar refractivity (Wildman–Crippen MR) is 110 cm³/mol. The number of piperazine rings is 1. The van der Waals surface area contributed by atoms with Gasteiger partial charge in [0, 0.05) is 58.5 Å². The lowest BCUT2D eigenvalue weighted by atomic mass is 10.0. The van der Waals surface area contributed by atoms with E-state index >= 15 is 0 Å². The van der Waals surface area contributed by atoms with Crippen LogP contribution in [0.15, 0.2) is 4.99 Å². The normalized spacial score (nSPS) is 22.8. The van der Waals surface area contributed by atoms with E-state index in [0.29, 0.717) is 18.1 Å². The monoisotopic (exact) mass is 367 g/mol. The Balaban J connectivity index is 1.95. The van der Waals surface area contributed by atoms with E-state index in [-0.39, 0.29) is 0 Å². The summed E-state index contributed by atoms with van der Waals surface area (Å²) in [6.07, 6.45) is 2.63. The summed E-state index contributed by atoms with van der Waals surface area (Å²) in [4.78, 5) is 12.5. The largest absolute Gasteiger partial charge is 0.378 e. The third-order valence-corrected chi connectivity index (χ3v) is 5.68. The van der Waals surface area contributed by atoms with Gasteiger partial charge in [0.25, 0.3) is 0 Å². The second-order valence-corrected chi connectivity index (χ2v) is 7.99. The second kappa shape index (κ2) is 11.1. The van der Waals surface area contributed by atoms with Crippen LogP contribution in [-0.2, 0) is 4.74 Å². The number of likely N-dealkylation sites (N-methyl/N-ethyl adjacent to an activating group) is 1. The number of nitrogens with one attached hydrogen (secondary N) is 1. The molecule has 1 atom stereocenters. The van der Waals surface area contributed by atoms with E-state index in [1.807, 2.05) is 0 Å². The highest BCUT2D eigenvalue weighted by Crippen LogP contribution is 2.16. The van der Waals surface area contributed by atoms with Gasteiger partial charge < -0.3 is 19.9 Å². The van der Waals surface area contributed by atoms with Crippen molar-refractivity contribution in [2.75, 3.05) is 66.0 Å². The third kappa shape index (κ3) is 6.39. The van der Waals surface area contributed by atoms with E-state index in [4.69, 9.17) is 9.73 Å². The minimum Gasteiger partial charge on any atom is -0.378 e. The van der Waals surface area contributed by atoms with Gasteiger partial charge in [-0.05, 0) is 39.7 Å². The van der Waals surface area contributed by atoms with Crippen LogP contribution in [0.3, 0.4) is 0 Å². The fraction of sp³-hybridized carbons (Fsp3) is 0.950. The van der Waals surface area contributed by atoms with Crippen LogP contribution < -0.4 is 5.32 Å². The van der Waals surface area contributed by atoms with Crippen molar-refractivity contribution in [3.05, 3.63) is 0 Å². The maximum absolute atomic E-state index is 5.79. The van der Waals surface area contributed by atoms with Crippen molar-refractivity contribution in [3.8, 4) is 0 Å². The molecule has 0 aromatic carbocycles.